The number of hydrogen-bond donors (Lipinski definition) is 1. The molecule has 0 aliphatic carbocycles. The topological polar surface area (TPSA) is 35.6 Å². The molecule has 1 atom stereocenters. The fourth-order valence-corrected chi connectivity index (χ4v) is 3.14. The zero-order valence-electron chi connectivity index (χ0n) is 15.1. The lowest BCUT2D eigenvalue weighted by Crippen LogP contribution is -2.47. The van der Waals surface area contributed by atoms with Gasteiger partial charge in [0.25, 0.3) is 0 Å². The minimum absolute atomic E-state index is 0.228. The van der Waals surface area contributed by atoms with Crippen LogP contribution in [0.5, 0.6) is 0 Å². The summed E-state index contributed by atoms with van der Waals surface area (Å²) in [7, 11) is 2.10. The molecular formula is C21H27N3O. The van der Waals surface area contributed by atoms with Crippen LogP contribution in [0.25, 0.3) is 0 Å². The summed E-state index contributed by atoms with van der Waals surface area (Å²) in [4.78, 5) is 16.7. The van der Waals surface area contributed by atoms with Gasteiger partial charge in [-0.2, -0.15) is 0 Å². The number of nitrogens with one attached hydrogen (secondary N) is 1. The molecule has 0 unspecified atom stereocenters. The van der Waals surface area contributed by atoms with E-state index in [4.69, 9.17) is 0 Å². The van der Waals surface area contributed by atoms with E-state index in [2.05, 4.69) is 60.6 Å². The number of hydrogen-bond acceptors (Lipinski definition) is 3. The number of carbonyl (C=O) groups excluding carboxylic acids is 1. The smallest absolute Gasteiger partial charge is 0.227 e. The second-order valence-corrected chi connectivity index (χ2v) is 6.83. The van der Waals surface area contributed by atoms with Crippen LogP contribution < -0.4 is 5.32 Å². The summed E-state index contributed by atoms with van der Waals surface area (Å²) in [5, 5.41) is 3.51. The zero-order valence-corrected chi connectivity index (χ0v) is 15.1. The van der Waals surface area contributed by atoms with Crippen molar-refractivity contribution < 1.29 is 4.79 Å². The molecule has 0 radical (unpaired) electrons. The highest BCUT2D eigenvalue weighted by Gasteiger charge is 2.18. The normalized spacial score (nSPS) is 16.5. The molecule has 2 aromatic rings. The molecule has 1 saturated heterocycles. The van der Waals surface area contributed by atoms with Crippen LogP contribution in [0, 0.1) is 0 Å². The van der Waals surface area contributed by atoms with E-state index < -0.39 is 0 Å². The number of benzene rings is 2. The Morgan fingerprint density at radius 3 is 2.28 bits per heavy atom. The third-order valence-corrected chi connectivity index (χ3v) is 4.85. The average molecular weight is 337 g/mol. The van der Waals surface area contributed by atoms with Gasteiger partial charge in [0.15, 0.2) is 0 Å². The fraction of sp³-hybridized carbons (Fsp3) is 0.381. The lowest BCUT2D eigenvalue weighted by molar-refractivity contribution is -0.132. The Labute approximate surface area is 150 Å². The van der Waals surface area contributed by atoms with Crippen LogP contribution in [-0.2, 0) is 11.2 Å². The van der Waals surface area contributed by atoms with Crippen LogP contribution in [0.4, 0.5) is 5.69 Å². The van der Waals surface area contributed by atoms with Gasteiger partial charge in [-0.25, -0.2) is 0 Å². The summed E-state index contributed by atoms with van der Waals surface area (Å²) in [6, 6.07) is 18.9. The average Bonchev–Trinajstić information content (AvgIpc) is 2.64. The van der Waals surface area contributed by atoms with Crippen LogP contribution >= 0.6 is 0 Å². The van der Waals surface area contributed by atoms with Crippen molar-refractivity contribution in [3.8, 4) is 0 Å². The molecule has 1 fully saturated rings. The van der Waals surface area contributed by atoms with Crippen LogP contribution in [0.1, 0.15) is 24.1 Å². The van der Waals surface area contributed by atoms with Gasteiger partial charge in [-0.15, -0.1) is 0 Å². The Kier molecular flexibility index (Phi) is 5.71. The molecule has 0 bridgehead atoms. The lowest BCUT2D eigenvalue weighted by Gasteiger charge is -2.32. The van der Waals surface area contributed by atoms with Gasteiger partial charge in [0.2, 0.25) is 5.91 Å². The van der Waals surface area contributed by atoms with Gasteiger partial charge in [0.05, 0.1) is 6.42 Å². The molecule has 0 saturated carbocycles. The van der Waals surface area contributed by atoms with Gasteiger partial charge < -0.3 is 15.1 Å². The van der Waals surface area contributed by atoms with E-state index in [1.54, 1.807) is 0 Å². The first-order valence-electron chi connectivity index (χ1n) is 8.98. The molecule has 0 aromatic heterocycles. The van der Waals surface area contributed by atoms with E-state index >= 15 is 0 Å². The largest absolute Gasteiger partial charge is 0.379 e. The molecule has 0 spiro atoms. The van der Waals surface area contributed by atoms with Gasteiger partial charge in [0, 0.05) is 37.9 Å². The summed E-state index contributed by atoms with van der Waals surface area (Å²) >= 11 is 0. The maximum absolute atomic E-state index is 12.4. The van der Waals surface area contributed by atoms with Crippen molar-refractivity contribution in [2.75, 3.05) is 38.5 Å². The minimum atomic E-state index is 0.228. The highest BCUT2D eigenvalue weighted by atomic mass is 16.2. The highest BCUT2D eigenvalue weighted by Crippen LogP contribution is 2.19. The Balaban J connectivity index is 1.54. The quantitative estimate of drug-likeness (QED) is 0.910. The summed E-state index contributed by atoms with van der Waals surface area (Å²) in [6.45, 7) is 5.76. The molecule has 1 aliphatic heterocycles. The van der Waals surface area contributed by atoms with Gasteiger partial charge in [0.1, 0.15) is 0 Å². The van der Waals surface area contributed by atoms with Crippen molar-refractivity contribution in [1.29, 1.82) is 0 Å². The van der Waals surface area contributed by atoms with Crippen molar-refractivity contribution in [1.82, 2.24) is 9.80 Å². The molecule has 1 N–H and O–H groups in total. The van der Waals surface area contributed by atoms with E-state index in [0.29, 0.717) is 6.42 Å². The summed E-state index contributed by atoms with van der Waals surface area (Å²) in [5.74, 6) is 0.228. The van der Waals surface area contributed by atoms with E-state index in [0.717, 1.165) is 37.4 Å². The number of carbonyl (C=O) groups is 1. The Morgan fingerprint density at radius 1 is 1.00 bits per heavy atom. The predicted octanol–water partition coefficient (Wildman–Crippen LogP) is 3.18. The third kappa shape index (κ3) is 4.83. The molecule has 132 valence electrons. The van der Waals surface area contributed by atoms with Gasteiger partial charge in [-0.05, 0) is 37.2 Å². The van der Waals surface area contributed by atoms with Gasteiger partial charge in [-0.1, -0.05) is 42.5 Å². The predicted molar refractivity (Wildman–Crippen MR) is 103 cm³/mol. The van der Waals surface area contributed by atoms with Crippen molar-refractivity contribution >= 4 is 11.6 Å². The zero-order chi connectivity index (χ0) is 17.6. The molecule has 4 nitrogen and oxygen atoms in total. The third-order valence-electron chi connectivity index (χ3n) is 4.85. The van der Waals surface area contributed by atoms with Crippen LogP contribution in [0.15, 0.2) is 54.6 Å². The number of anilines is 1. The van der Waals surface area contributed by atoms with E-state index in [1.165, 1.54) is 5.56 Å². The number of likely N-dealkylation sites (N-methyl/N-ethyl adjacent to an activating group) is 1. The molecule has 1 aliphatic rings. The first-order valence-corrected chi connectivity index (χ1v) is 8.98. The SMILES string of the molecule is C[C@H](Nc1ccc(CC(=O)N2CCN(C)CC2)cc1)c1ccccc1. The van der Waals surface area contributed by atoms with Crippen molar-refractivity contribution in [2.45, 2.75) is 19.4 Å². The second-order valence-electron chi connectivity index (χ2n) is 6.83. The second kappa shape index (κ2) is 8.17. The lowest BCUT2D eigenvalue weighted by atomic mass is 10.1. The number of rotatable bonds is 5. The summed E-state index contributed by atoms with van der Waals surface area (Å²) in [6.07, 6.45) is 0.484. The van der Waals surface area contributed by atoms with Crippen LogP contribution in [0.3, 0.4) is 0 Å². The van der Waals surface area contributed by atoms with Gasteiger partial charge in [-0.3, -0.25) is 4.79 Å². The Morgan fingerprint density at radius 2 is 1.64 bits per heavy atom. The number of amides is 1. The molecule has 1 amide bonds. The van der Waals surface area contributed by atoms with E-state index in [1.807, 2.05) is 23.1 Å². The number of piperazine rings is 1. The van der Waals surface area contributed by atoms with E-state index in [9.17, 15) is 4.79 Å². The molecule has 3 rings (SSSR count). The molecular weight excluding hydrogens is 310 g/mol. The molecule has 1 heterocycles. The monoisotopic (exact) mass is 337 g/mol. The molecule has 2 aromatic carbocycles. The van der Waals surface area contributed by atoms with Crippen LogP contribution in [0.2, 0.25) is 0 Å². The van der Waals surface area contributed by atoms with Crippen molar-refractivity contribution in [3.63, 3.8) is 0 Å². The first-order chi connectivity index (χ1) is 12.1. The van der Waals surface area contributed by atoms with E-state index in [-0.39, 0.29) is 11.9 Å². The maximum atomic E-state index is 12.4. The Hall–Kier alpha value is -2.33. The minimum Gasteiger partial charge on any atom is -0.379 e. The molecule has 25 heavy (non-hydrogen) atoms. The van der Waals surface area contributed by atoms with Crippen molar-refractivity contribution in [3.05, 3.63) is 65.7 Å². The van der Waals surface area contributed by atoms with Gasteiger partial charge >= 0.3 is 0 Å². The summed E-state index contributed by atoms with van der Waals surface area (Å²) in [5.41, 5.74) is 3.41. The maximum Gasteiger partial charge on any atom is 0.227 e. The Bertz CT molecular complexity index is 676. The highest BCUT2D eigenvalue weighted by molar-refractivity contribution is 5.79. The van der Waals surface area contributed by atoms with Crippen LogP contribution in [-0.4, -0.2) is 48.9 Å². The summed E-state index contributed by atoms with van der Waals surface area (Å²) < 4.78 is 0. The fourth-order valence-electron chi connectivity index (χ4n) is 3.14. The molecule has 4 heteroatoms. The standard InChI is InChI=1S/C21H27N3O/c1-17(19-6-4-3-5-7-19)22-20-10-8-18(9-11-20)16-21(25)24-14-12-23(2)13-15-24/h3-11,17,22H,12-16H2,1-2H3/t17-/m0/s1. The first kappa shape index (κ1) is 17.5. The van der Waals surface area contributed by atoms with Crippen molar-refractivity contribution in [2.24, 2.45) is 0 Å². The number of nitrogens with zero attached hydrogens (tertiary/aromatic N) is 2.